The minimum Gasteiger partial charge on any atom is -0.496 e. The summed E-state index contributed by atoms with van der Waals surface area (Å²) < 4.78 is 5.22. The van der Waals surface area contributed by atoms with Crippen molar-refractivity contribution in [2.45, 2.75) is 12.8 Å². The van der Waals surface area contributed by atoms with Gasteiger partial charge in [-0.15, -0.1) is 0 Å². The largest absolute Gasteiger partial charge is 0.496 e. The Hall–Kier alpha value is -1.79. The molecular weight excluding hydrogens is 308 g/mol. The highest BCUT2D eigenvalue weighted by Crippen LogP contribution is 2.26. The van der Waals surface area contributed by atoms with Crippen LogP contribution in [-0.4, -0.2) is 44.0 Å². The van der Waals surface area contributed by atoms with Crippen LogP contribution in [0.2, 0.25) is 5.02 Å². The van der Waals surface area contributed by atoms with E-state index in [1.165, 1.54) is 14.2 Å². The second kappa shape index (κ2) is 7.47. The summed E-state index contributed by atoms with van der Waals surface area (Å²) in [6.45, 7) is 1.02. The van der Waals surface area contributed by atoms with Gasteiger partial charge in [0.15, 0.2) is 0 Å². The van der Waals surface area contributed by atoms with E-state index >= 15 is 0 Å². The first-order valence-corrected chi connectivity index (χ1v) is 7.40. The standard InChI is InChI=1S/C15H19ClN2O4/c1-21-13-4-3-11(16)9-12(13)15(20)18-7-5-10(6-8-18)14(19)17-22-2/h3-4,9-10H,5-8H2,1-2H3,(H,17,19). The molecule has 1 saturated heterocycles. The third-order valence-electron chi connectivity index (χ3n) is 3.75. The molecule has 1 aromatic rings. The smallest absolute Gasteiger partial charge is 0.257 e. The summed E-state index contributed by atoms with van der Waals surface area (Å²) in [6.07, 6.45) is 1.20. The van der Waals surface area contributed by atoms with Crippen molar-refractivity contribution >= 4 is 23.4 Å². The highest BCUT2D eigenvalue weighted by Gasteiger charge is 2.29. The Morgan fingerprint density at radius 1 is 1.27 bits per heavy atom. The average molecular weight is 327 g/mol. The van der Waals surface area contributed by atoms with Gasteiger partial charge in [-0.1, -0.05) is 11.6 Å². The highest BCUT2D eigenvalue weighted by molar-refractivity contribution is 6.31. The number of methoxy groups -OCH3 is 1. The van der Waals surface area contributed by atoms with Crippen molar-refractivity contribution in [3.63, 3.8) is 0 Å². The molecule has 0 aliphatic carbocycles. The molecule has 120 valence electrons. The lowest BCUT2D eigenvalue weighted by Gasteiger charge is -2.31. The normalized spacial score (nSPS) is 15.5. The molecule has 2 amide bonds. The maximum atomic E-state index is 12.6. The number of carbonyl (C=O) groups is 2. The van der Waals surface area contributed by atoms with Gasteiger partial charge in [-0.25, -0.2) is 5.48 Å². The topological polar surface area (TPSA) is 67.9 Å². The van der Waals surface area contributed by atoms with Gasteiger partial charge in [-0.3, -0.25) is 14.4 Å². The van der Waals surface area contributed by atoms with Gasteiger partial charge in [0.05, 0.1) is 19.8 Å². The molecule has 7 heteroatoms. The zero-order valence-corrected chi connectivity index (χ0v) is 13.4. The van der Waals surface area contributed by atoms with E-state index in [9.17, 15) is 9.59 Å². The summed E-state index contributed by atoms with van der Waals surface area (Å²) in [7, 11) is 2.92. The molecule has 22 heavy (non-hydrogen) atoms. The van der Waals surface area contributed by atoms with Crippen LogP contribution in [0.1, 0.15) is 23.2 Å². The average Bonchev–Trinajstić information content (AvgIpc) is 2.54. The Kier molecular flexibility index (Phi) is 5.63. The number of ether oxygens (including phenoxy) is 1. The number of carbonyl (C=O) groups excluding carboxylic acids is 2. The highest BCUT2D eigenvalue weighted by atomic mass is 35.5. The Morgan fingerprint density at radius 3 is 2.55 bits per heavy atom. The first-order valence-electron chi connectivity index (χ1n) is 7.02. The quantitative estimate of drug-likeness (QED) is 0.858. The number of halogens is 1. The lowest BCUT2D eigenvalue weighted by Crippen LogP contribution is -2.42. The molecule has 0 saturated carbocycles. The molecule has 0 bridgehead atoms. The molecule has 2 rings (SSSR count). The van der Waals surface area contributed by atoms with Crippen molar-refractivity contribution in [2.75, 3.05) is 27.3 Å². The van der Waals surface area contributed by atoms with Crippen molar-refractivity contribution in [3.8, 4) is 5.75 Å². The van der Waals surface area contributed by atoms with Crippen LogP contribution in [0.3, 0.4) is 0 Å². The molecular formula is C15H19ClN2O4. The molecule has 0 unspecified atom stereocenters. The van der Waals surface area contributed by atoms with E-state index in [1.807, 2.05) is 0 Å². The zero-order chi connectivity index (χ0) is 16.1. The molecule has 0 radical (unpaired) electrons. The van der Waals surface area contributed by atoms with Crippen molar-refractivity contribution in [1.29, 1.82) is 0 Å². The fraction of sp³-hybridized carbons (Fsp3) is 0.467. The van der Waals surface area contributed by atoms with E-state index in [2.05, 4.69) is 10.3 Å². The first kappa shape index (κ1) is 16.6. The van der Waals surface area contributed by atoms with Gasteiger partial charge in [0.1, 0.15) is 5.75 Å². The van der Waals surface area contributed by atoms with Gasteiger partial charge >= 0.3 is 0 Å². The Balaban J connectivity index is 2.04. The number of hydrogen-bond acceptors (Lipinski definition) is 4. The number of rotatable bonds is 4. The van der Waals surface area contributed by atoms with E-state index < -0.39 is 0 Å². The van der Waals surface area contributed by atoms with E-state index in [4.69, 9.17) is 16.3 Å². The Bertz CT molecular complexity index is 556. The Morgan fingerprint density at radius 2 is 1.95 bits per heavy atom. The van der Waals surface area contributed by atoms with Crippen LogP contribution in [0.25, 0.3) is 0 Å². The number of nitrogens with one attached hydrogen (secondary N) is 1. The maximum absolute atomic E-state index is 12.6. The number of hydroxylamine groups is 1. The number of amides is 2. The van der Waals surface area contributed by atoms with Gasteiger partial charge in [0.25, 0.3) is 5.91 Å². The number of nitrogens with zero attached hydrogens (tertiary/aromatic N) is 1. The van der Waals surface area contributed by atoms with Crippen molar-refractivity contribution in [1.82, 2.24) is 10.4 Å². The molecule has 0 atom stereocenters. The molecule has 1 heterocycles. The van der Waals surface area contributed by atoms with Crippen LogP contribution in [0.15, 0.2) is 18.2 Å². The van der Waals surface area contributed by atoms with Crippen LogP contribution >= 0.6 is 11.6 Å². The number of hydrogen-bond donors (Lipinski definition) is 1. The minimum atomic E-state index is -0.144. The number of likely N-dealkylation sites (tertiary alicyclic amines) is 1. The first-order chi connectivity index (χ1) is 10.6. The maximum Gasteiger partial charge on any atom is 0.257 e. The number of benzene rings is 1. The SMILES string of the molecule is CONC(=O)C1CCN(C(=O)c2cc(Cl)ccc2OC)CC1. The van der Waals surface area contributed by atoms with E-state index in [0.717, 1.165) is 0 Å². The molecule has 0 aromatic heterocycles. The van der Waals surface area contributed by atoms with Gasteiger partial charge < -0.3 is 9.64 Å². The summed E-state index contributed by atoms with van der Waals surface area (Å²) in [5.41, 5.74) is 2.78. The third-order valence-corrected chi connectivity index (χ3v) is 3.98. The van der Waals surface area contributed by atoms with Crippen LogP contribution in [0.4, 0.5) is 0 Å². The molecule has 1 aliphatic heterocycles. The second-order valence-electron chi connectivity index (χ2n) is 5.08. The fourth-order valence-corrected chi connectivity index (χ4v) is 2.72. The summed E-state index contributed by atoms with van der Waals surface area (Å²) in [5, 5.41) is 0.485. The summed E-state index contributed by atoms with van der Waals surface area (Å²) in [4.78, 5) is 30.7. The summed E-state index contributed by atoms with van der Waals surface area (Å²) >= 11 is 5.96. The minimum absolute atomic E-state index is 0.134. The molecule has 6 nitrogen and oxygen atoms in total. The third kappa shape index (κ3) is 3.69. The fourth-order valence-electron chi connectivity index (χ4n) is 2.55. The van der Waals surface area contributed by atoms with Crippen LogP contribution in [-0.2, 0) is 9.63 Å². The predicted octanol–water partition coefficient (Wildman–Crippen LogP) is 1.88. The lowest BCUT2D eigenvalue weighted by molar-refractivity contribution is -0.136. The molecule has 1 N–H and O–H groups in total. The zero-order valence-electron chi connectivity index (χ0n) is 12.6. The van der Waals surface area contributed by atoms with Crippen molar-refractivity contribution in [2.24, 2.45) is 5.92 Å². The van der Waals surface area contributed by atoms with E-state index in [1.54, 1.807) is 23.1 Å². The number of piperidine rings is 1. The van der Waals surface area contributed by atoms with Gasteiger partial charge in [0, 0.05) is 24.0 Å². The molecule has 1 aliphatic rings. The molecule has 0 spiro atoms. The van der Waals surface area contributed by atoms with Gasteiger partial charge in [-0.2, -0.15) is 0 Å². The molecule has 1 fully saturated rings. The van der Waals surface area contributed by atoms with Crippen LogP contribution in [0, 0.1) is 5.92 Å². The monoisotopic (exact) mass is 326 g/mol. The van der Waals surface area contributed by atoms with Crippen molar-refractivity contribution in [3.05, 3.63) is 28.8 Å². The summed E-state index contributed by atoms with van der Waals surface area (Å²) in [5.74, 6) is 0.0822. The summed E-state index contributed by atoms with van der Waals surface area (Å²) in [6, 6.07) is 4.96. The second-order valence-corrected chi connectivity index (χ2v) is 5.52. The Labute approximate surface area is 134 Å². The van der Waals surface area contributed by atoms with Gasteiger partial charge in [0.2, 0.25) is 5.91 Å². The van der Waals surface area contributed by atoms with Gasteiger partial charge in [-0.05, 0) is 31.0 Å². The predicted molar refractivity (Wildman–Crippen MR) is 81.8 cm³/mol. The van der Waals surface area contributed by atoms with Crippen LogP contribution in [0.5, 0.6) is 5.75 Å². The van der Waals surface area contributed by atoms with E-state index in [0.29, 0.717) is 42.3 Å². The van der Waals surface area contributed by atoms with Crippen LogP contribution < -0.4 is 10.2 Å². The van der Waals surface area contributed by atoms with Crippen molar-refractivity contribution < 1.29 is 19.2 Å². The lowest BCUT2D eigenvalue weighted by atomic mass is 9.95. The van der Waals surface area contributed by atoms with E-state index in [-0.39, 0.29) is 17.7 Å². The molecule has 1 aromatic carbocycles.